The fourth-order valence-electron chi connectivity index (χ4n) is 1.79. The monoisotopic (exact) mass is 269 g/mol. The number of Topliss-reactive ketones (excluding diaryl/α,β-unsaturated/α-hetero) is 1. The lowest BCUT2D eigenvalue weighted by Gasteiger charge is -2.08. The predicted octanol–water partition coefficient (Wildman–Crippen LogP) is 2.89. The van der Waals surface area contributed by atoms with Crippen molar-refractivity contribution in [3.05, 3.63) is 23.0 Å². The maximum atomic E-state index is 11.6. The first-order valence-electron chi connectivity index (χ1n) is 5.39. The minimum Gasteiger partial charge on any atom is -0.348 e. The fraction of sp³-hybridized carbons (Fsp3) is 0.462. The van der Waals surface area contributed by atoms with Crippen LogP contribution in [0.2, 0.25) is 0 Å². The Labute approximate surface area is 112 Å². The molecule has 0 saturated carbocycles. The molecule has 0 spiro atoms. The average molecular weight is 270 g/mol. The zero-order chi connectivity index (χ0) is 12.8. The van der Waals surface area contributed by atoms with Gasteiger partial charge in [-0.3, -0.25) is 4.79 Å². The van der Waals surface area contributed by atoms with Gasteiger partial charge in [0, 0.05) is 29.2 Å². The van der Waals surface area contributed by atoms with Crippen LogP contribution in [0.4, 0.5) is 0 Å². The summed E-state index contributed by atoms with van der Waals surface area (Å²) >= 11 is 7.30. The second-order valence-corrected chi connectivity index (χ2v) is 5.12. The summed E-state index contributed by atoms with van der Waals surface area (Å²) in [6, 6.07) is 1.91. The highest BCUT2D eigenvalue weighted by molar-refractivity contribution is 7.99. The summed E-state index contributed by atoms with van der Waals surface area (Å²) in [5.41, 5.74) is 2.83. The molecule has 0 unspecified atom stereocenters. The number of thioether (sulfide) groups is 1. The minimum absolute atomic E-state index is 0.0118. The molecule has 1 aromatic heterocycles. The number of halogens is 1. The standard InChI is InChI=1S/C13H16ClNOS/c1-4-6-17-7-5-15-10(2)8-12(11(15)3)13(16)9-14/h1,8H,5-7,9H2,2-3H3. The Bertz CT molecular complexity index is 445. The second kappa shape index (κ2) is 6.78. The van der Waals surface area contributed by atoms with E-state index in [-0.39, 0.29) is 11.7 Å². The third kappa shape index (κ3) is 3.55. The van der Waals surface area contributed by atoms with E-state index in [1.165, 1.54) is 0 Å². The Morgan fingerprint density at radius 3 is 2.88 bits per heavy atom. The molecule has 0 aliphatic carbocycles. The lowest BCUT2D eigenvalue weighted by Crippen LogP contribution is -2.07. The van der Waals surface area contributed by atoms with Gasteiger partial charge in [-0.15, -0.1) is 29.8 Å². The van der Waals surface area contributed by atoms with Crippen LogP contribution in [0.1, 0.15) is 21.7 Å². The molecule has 0 aliphatic heterocycles. The largest absolute Gasteiger partial charge is 0.348 e. The van der Waals surface area contributed by atoms with Crippen LogP contribution in [-0.2, 0) is 6.54 Å². The molecule has 17 heavy (non-hydrogen) atoms. The summed E-state index contributed by atoms with van der Waals surface area (Å²) in [4.78, 5) is 11.6. The molecule has 92 valence electrons. The van der Waals surface area contributed by atoms with Gasteiger partial charge in [-0.1, -0.05) is 5.92 Å². The maximum Gasteiger partial charge on any atom is 0.179 e. The lowest BCUT2D eigenvalue weighted by atomic mass is 10.2. The van der Waals surface area contributed by atoms with Crippen molar-refractivity contribution in [2.45, 2.75) is 20.4 Å². The number of terminal acetylenes is 1. The number of hydrogen-bond acceptors (Lipinski definition) is 2. The van der Waals surface area contributed by atoms with Gasteiger partial charge in [0.2, 0.25) is 0 Å². The fourth-order valence-corrected chi connectivity index (χ4v) is 2.50. The van der Waals surface area contributed by atoms with E-state index in [1.807, 2.05) is 19.9 Å². The van der Waals surface area contributed by atoms with Crippen LogP contribution < -0.4 is 0 Å². The highest BCUT2D eigenvalue weighted by atomic mass is 35.5. The van der Waals surface area contributed by atoms with Crippen LogP contribution in [0.5, 0.6) is 0 Å². The van der Waals surface area contributed by atoms with E-state index < -0.39 is 0 Å². The summed E-state index contributed by atoms with van der Waals surface area (Å²) in [7, 11) is 0. The first kappa shape index (κ1) is 14.2. The normalized spacial score (nSPS) is 10.2. The SMILES string of the molecule is C#CCSCCn1c(C)cc(C(=O)CCl)c1C. The molecule has 0 atom stereocenters. The molecule has 0 saturated heterocycles. The molecule has 0 fully saturated rings. The highest BCUT2D eigenvalue weighted by Crippen LogP contribution is 2.17. The molecular formula is C13H16ClNOS. The molecule has 4 heteroatoms. The van der Waals surface area contributed by atoms with Crippen molar-refractivity contribution in [2.24, 2.45) is 0 Å². The Balaban J connectivity index is 2.76. The van der Waals surface area contributed by atoms with E-state index >= 15 is 0 Å². The molecule has 0 radical (unpaired) electrons. The quantitative estimate of drug-likeness (QED) is 0.343. The van der Waals surface area contributed by atoms with E-state index in [2.05, 4.69) is 10.5 Å². The molecule has 1 rings (SSSR count). The highest BCUT2D eigenvalue weighted by Gasteiger charge is 2.14. The number of ketones is 1. The van der Waals surface area contributed by atoms with Gasteiger partial charge in [0.1, 0.15) is 0 Å². The zero-order valence-electron chi connectivity index (χ0n) is 10.1. The van der Waals surface area contributed by atoms with Crippen molar-refractivity contribution >= 4 is 29.1 Å². The molecule has 0 N–H and O–H groups in total. The summed E-state index contributed by atoms with van der Waals surface area (Å²) in [6.45, 7) is 4.84. The average Bonchev–Trinajstić information content (AvgIpc) is 2.60. The van der Waals surface area contributed by atoms with Crippen molar-refractivity contribution in [1.82, 2.24) is 4.57 Å². The van der Waals surface area contributed by atoms with Gasteiger partial charge >= 0.3 is 0 Å². The third-order valence-electron chi connectivity index (χ3n) is 2.64. The van der Waals surface area contributed by atoms with Crippen LogP contribution in [0.3, 0.4) is 0 Å². The number of aromatic nitrogens is 1. The smallest absolute Gasteiger partial charge is 0.179 e. The van der Waals surface area contributed by atoms with Crippen LogP contribution >= 0.6 is 23.4 Å². The molecule has 1 aromatic rings. The van der Waals surface area contributed by atoms with Gasteiger partial charge in [-0.05, 0) is 19.9 Å². The summed E-state index contributed by atoms with van der Waals surface area (Å²) in [5.74, 6) is 4.31. The van der Waals surface area contributed by atoms with Crippen molar-refractivity contribution in [2.75, 3.05) is 17.4 Å². The number of hydrogen-bond donors (Lipinski definition) is 0. The maximum absolute atomic E-state index is 11.6. The number of rotatable bonds is 6. The molecular weight excluding hydrogens is 254 g/mol. The zero-order valence-corrected chi connectivity index (χ0v) is 11.7. The lowest BCUT2D eigenvalue weighted by molar-refractivity contribution is 0.102. The van der Waals surface area contributed by atoms with Crippen molar-refractivity contribution in [1.29, 1.82) is 0 Å². The second-order valence-electron chi connectivity index (χ2n) is 3.75. The van der Waals surface area contributed by atoms with Crippen LogP contribution in [0.15, 0.2) is 6.07 Å². The van der Waals surface area contributed by atoms with Crippen LogP contribution in [-0.4, -0.2) is 27.7 Å². The first-order valence-corrected chi connectivity index (χ1v) is 7.07. The Hall–Kier alpha value is -0.850. The van der Waals surface area contributed by atoms with E-state index in [9.17, 15) is 4.79 Å². The molecule has 0 aromatic carbocycles. The van der Waals surface area contributed by atoms with E-state index in [4.69, 9.17) is 18.0 Å². The van der Waals surface area contributed by atoms with Crippen LogP contribution in [0, 0.1) is 26.2 Å². The summed E-state index contributed by atoms with van der Waals surface area (Å²) in [6.07, 6.45) is 5.19. The third-order valence-corrected chi connectivity index (χ3v) is 3.72. The number of aryl methyl sites for hydroxylation is 1. The number of carbonyl (C=O) groups excluding carboxylic acids is 1. The van der Waals surface area contributed by atoms with Gasteiger partial charge in [-0.25, -0.2) is 0 Å². The summed E-state index contributed by atoms with van der Waals surface area (Å²) < 4.78 is 2.14. The van der Waals surface area contributed by atoms with Gasteiger partial charge in [0.05, 0.1) is 11.6 Å². The molecule has 0 amide bonds. The van der Waals surface area contributed by atoms with Crippen molar-refractivity contribution in [3.63, 3.8) is 0 Å². The van der Waals surface area contributed by atoms with Gasteiger partial charge in [0.25, 0.3) is 0 Å². The minimum atomic E-state index is -0.0118. The number of nitrogens with zero attached hydrogens (tertiary/aromatic N) is 1. The van der Waals surface area contributed by atoms with Crippen molar-refractivity contribution < 1.29 is 4.79 Å². The molecule has 0 bridgehead atoms. The number of carbonyl (C=O) groups is 1. The van der Waals surface area contributed by atoms with E-state index in [0.29, 0.717) is 0 Å². The summed E-state index contributed by atoms with van der Waals surface area (Å²) in [5, 5.41) is 0. The van der Waals surface area contributed by atoms with Crippen LogP contribution in [0.25, 0.3) is 0 Å². The Morgan fingerprint density at radius 1 is 1.59 bits per heavy atom. The number of alkyl halides is 1. The topological polar surface area (TPSA) is 22.0 Å². The predicted molar refractivity (Wildman–Crippen MR) is 75.1 cm³/mol. The van der Waals surface area contributed by atoms with Gasteiger partial charge < -0.3 is 4.57 Å². The first-order chi connectivity index (χ1) is 8.11. The Morgan fingerprint density at radius 2 is 2.29 bits per heavy atom. The van der Waals surface area contributed by atoms with Crippen molar-refractivity contribution in [3.8, 4) is 12.3 Å². The molecule has 0 aliphatic rings. The van der Waals surface area contributed by atoms with E-state index in [1.54, 1.807) is 11.8 Å². The molecule has 2 nitrogen and oxygen atoms in total. The van der Waals surface area contributed by atoms with Gasteiger partial charge in [0.15, 0.2) is 5.78 Å². The molecule has 1 heterocycles. The van der Waals surface area contributed by atoms with Gasteiger partial charge in [-0.2, -0.15) is 0 Å². The van der Waals surface area contributed by atoms with E-state index in [0.717, 1.165) is 35.0 Å². The Kier molecular flexibility index (Phi) is 5.67.